The van der Waals surface area contributed by atoms with Crippen molar-refractivity contribution in [2.24, 2.45) is 0 Å². The number of aromatic nitrogens is 3. The average molecular weight is 518 g/mol. The maximum atomic E-state index is 12.6. The predicted octanol–water partition coefficient (Wildman–Crippen LogP) is 4.09. The number of carbonyl (C=O) groups excluding carboxylic acids is 2. The van der Waals surface area contributed by atoms with Crippen molar-refractivity contribution in [2.45, 2.75) is 18.6 Å². The standard InChI is InChI=1S/C27H27N5O4S/c1-2-35-23-15-13-20(14-16-23)29-26(34)19-37-27-31-30-24(32(27)21-9-5-3-6-10-21)17-28-25(33)18-36-22-11-7-4-8-12-22/h3-16H,2,17-19H2,1H3,(H,28,33)(H,29,34). The molecule has 4 aromatic rings. The zero-order chi connectivity index (χ0) is 25.9. The van der Waals surface area contributed by atoms with E-state index in [4.69, 9.17) is 9.47 Å². The molecule has 0 unspecified atom stereocenters. The third-order valence-electron chi connectivity index (χ3n) is 5.05. The molecular formula is C27H27N5O4S. The second kappa shape index (κ2) is 13.1. The van der Waals surface area contributed by atoms with Crippen LogP contribution in [0.1, 0.15) is 12.7 Å². The topological polar surface area (TPSA) is 107 Å². The average Bonchev–Trinajstić information content (AvgIpc) is 3.34. The van der Waals surface area contributed by atoms with Gasteiger partial charge in [0.05, 0.1) is 18.9 Å². The van der Waals surface area contributed by atoms with Crippen LogP contribution in [0.15, 0.2) is 90.1 Å². The van der Waals surface area contributed by atoms with Crippen LogP contribution in [0.5, 0.6) is 11.5 Å². The van der Waals surface area contributed by atoms with Gasteiger partial charge in [0.1, 0.15) is 11.5 Å². The molecule has 0 saturated carbocycles. The summed E-state index contributed by atoms with van der Waals surface area (Å²) in [4.78, 5) is 24.9. The second-order valence-corrected chi connectivity index (χ2v) is 8.68. The van der Waals surface area contributed by atoms with E-state index in [9.17, 15) is 9.59 Å². The first kappa shape index (κ1) is 25.8. The highest BCUT2D eigenvalue weighted by Crippen LogP contribution is 2.23. The van der Waals surface area contributed by atoms with Gasteiger partial charge in [-0.2, -0.15) is 0 Å². The van der Waals surface area contributed by atoms with E-state index in [1.807, 2.05) is 72.2 Å². The molecule has 2 N–H and O–H groups in total. The van der Waals surface area contributed by atoms with Crippen LogP contribution in [-0.2, 0) is 16.1 Å². The van der Waals surface area contributed by atoms with E-state index in [-0.39, 0.29) is 30.7 Å². The molecule has 4 rings (SSSR count). The van der Waals surface area contributed by atoms with Crippen LogP contribution in [0.2, 0.25) is 0 Å². The molecule has 10 heteroatoms. The Labute approximate surface area is 219 Å². The Morgan fingerprint density at radius 2 is 1.51 bits per heavy atom. The van der Waals surface area contributed by atoms with E-state index in [0.29, 0.717) is 29.0 Å². The number of nitrogens with zero attached hydrogens (tertiary/aromatic N) is 3. The fourth-order valence-corrected chi connectivity index (χ4v) is 4.14. The summed E-state index contributed by atoms with van der Waals surface area (Å²) >= 11 is 1.26. The summed E-state index contributed by atoms with van der Waals surface area (Å²) < 4.78 is 12.8. The minimum atomic E-state index is -0.282. The van der Waals surface area contributed by atoms with Gasteiger partial charge in [-0.3, -0.25) is 14.2 Å². The predicted molar refractivity (Wildman–Crippen MR) is 142 cm³/mol. The minimum absolute atomic E-state index is 0.114. The molecule has 0 saturated heterocycles. The molecule has 0 aliphatic carbocycles. The summed E-state index contributed by atoms with van der Waals surface area (Å²) in [5, 5.41) is 14.8. The number of benzene rings is 3. The zero-order valence-corrected chi connectivity index (χ0v) is 21.1. The highest BCUT2D eigenvalue weighted by Gasteiger charge is 2.17. The van der Waals surface area contributed by atoms with Gasteiger partial charge < -0.3 is 20.1 Å². The van der Waals surface area contributed by atoms with E-state index in [1.165, 1.54) is 11.8 Å². The van der Waals surface area contributed by atoms with E-state index >= 15 is 0 Å². The number of thioether (sulfide) groups is 1. The lowest BCUT2D eigenvalue weighted by Gasteiger charge is -2.11. The third-order valence-corrected chi connectivity index (χ3v) is 5.98. The van der Waals surface area contributed by atoms with Crippen molar-refractivity contribution < 1.29 is 19.1 Å². The lowest BCUT2D eigenvalue weighted by molar-refractivity contribution is -0.123. The lowest BCUT2D eigenvalue weighted by Crippen LogP contribution is -2.29. The molecule has 1 aromatic heterocycles. The summed E-state index contributed by atoms with van der Waals surface area (Å²) in [5.41, 5.74) is 1.51. The molecule has 0 radical (unpaired) electrons. The van der Waals surface area contributed by atoms with Gasteiger partial charge in [0.25, 0.3) is 5.91 Å². The van der Waals surface area contributed by atoms with Crippen molar-refractivity contribution in [2.75, 3.05) is 24.3 Å². The van der Waals surface area contributed by atoms with E-state index in [0.717, 1.165) is 11.4 Å². The molecule has 3 aromatic carbocycles. The van der Waals surface area contributed by atoms with E-state index in [1.54, 1.807) is 24.3 Å². The Kier molecular flexibility index (Phi) is 9.14. The van der Waals surface area contributed by atoms with Crippen molar-refractivity contribution in [1.29, 1.82) is 0 Å². The molecule has 0 aliphatic heterocycles. The van der Waals surface area contributed by atoms with Crippen LogP contribution < -0.4 is 20.1 Å². The van der Waals surface area contributed by atoms with Crippen LogP contribution in [0.25, 0.3) is 5.69 Å². The Bertz CT molecular complexity index is 1300. The van der Waals surface area contributed by atoms with Gasteiger partial charge >= 0.3 is 0 Å². The first-order valence-electron chi connectivity index (χ1n) is 11.7. The number of amides is 2. The SMILES string of the molecule is CCOc1ccc(NC(=O)CSc2nnc(CNC(=O)COc3ccccc3)n2-c2ccccc2)cc1. The Hall–Kier alpha value is -4.31. The molecule has 190 valence electrons. The molecule has 37 heavy (non-hydrogen) atoms. The number of anilines is 1. The Morgan fingerprint density at radius 3 is 2.22 bits per heavy atom. The van der Waals surface area contributed by atoms with Gasteiger partial charge in [-0.25, -0.2) is 0 Å². The van der Waals surface area contributed by atoms with E-state index < -0.39 is 0 Å². The smallest absolute Gasteiger partial charge is 0.258 e. The van der Waals surface area contributed by atoms with Crippen LogP contribution >= 0.6 is 11.8 Å². The van der Waals surface area contributed by atoms with Crippen molar-refractivity contribution in [3.8, 4) is 17.2 Å². The van der Waals surface area contributed by atoms with Crippen LogP contribution in [-0.4, -0.2) is 45.5 Å². The van der Waals surface area contributed by atoms with Crippen molar-refractivity contribution in [3.63, 3.8) is 0 Å². The maximum Gasteiger partial charge on any atom is 0.258 e. The zero-order valence-electron chi connectivity index (χ0n) is 20.3. The first-order chi connectivity index (χ1) is 18.1. The molecule has 0 bridgehead atoms. The second-order valence-electron chi connectivity index (χ2n) is 7.74. The summed E-state index contributed by atoms with van der Waals surface area (Å²) in [6.45, 7) is 2.53. The van der Waals surface area contributed by atoms with Gasteiger partial charge in [-0.15, -0.1) is 10.2 Å². The number of carbonyl (C=O) groups is 2. The molecule has 0 fully saturated rings. The van der Waals surface area contributed by atoms with Crippen LogP contribution in [0, 0.1) is 0 Å². The largest absolute Gasteiger partial charge is 0.494 e. The lowest BCUT2D eigenvalue weighted by atomic mass is 10.3. The van der Waals surface area contributed by atoms with Crippen molar-refractivity contribution in [1.82, 2.24) is 20.1 Å². The highest BCUT2D eigenvalue weighted by atomic mass is 32.2. The highest BCUT2D eigenvalue weighted by molar-refractivity contribution is 7.99. The normalized spacial score (nSPS) is 10.5. The molecule has 0 spiro atoms. The number of hydrogen-bond acceptors (Lipinski definition) is 7. The van der Waals surface area contributed by atoms with Crippen LogP contribution in [0.4, 0.5) is 5.69 Å². The quantitative estimate of drug-likeness (QED) is 0.273. The van der Waals surface area contributed by atoms with Gasteiger partial charge in [0.2, 0.25) is 5.91 Å². The van der Waals surface area contributed by atoms with Gasteiger partial charge in [-0.1, -0.05) is 48.2 Å². The molecule has 0 atom stereocenters. The number of para-hydroxylation sites is 2. The number of ether oxygens (including phenoxy) is 2. The molecule has 2 amide bonds. The summed E-state index contributed by atoms with van der Waals surface area (Å²) in [7, 11) is 0. The van der Waals surface area contributed by atoms with E-state index in [2.05, 4.69) is 20.8 Å². The minimum Gasteiger partial charge on any atom is -0.494 e. The maximum absolute atomic E-state index is 12.6. The number of nitrogens with one attached hydrogen (secondary N) is 2. The Morgan fingerprint density at radius 1 is 0.838 bits per heavy atom. The van der Waals surface area contributed by atoms with Gasteiger partial charge in [0.15, 0.2) is 17.6 Å². The molecular weight excluding hydrogens is 490 g/mol. The molecule has 1 heterocycles. The monoisotopic (exact) mass is 517 g/mol. The fraction of sp³-hybridized carbons (Fsp3) is 0.185. The van der Waals surface area contributed by atoms with Gasteiger partial charge in [-0.05, 0) is 55.5 Å². The fourth-order valence-electron chi connectivity index (χ4n) is 3.37. The Balaban J connectivity index is 1.37. The third kappa shape index (κ3) is 7.58. The van der Waals surface area contributed by atoms with Crippen molar-refractivity contribution >= 4 is 29.3 Å². The molecule has 9 nitrogen and oxygen atoms in total. The number of hydrogen-bond donors (Lipinski definition) is 2. The van der Waals surface area contributed by atoms with Gasteiger partial charge in [0, 0.05) is 11.4 Å². The van der Waals surface area contributed by atoms with Crippen LogP contribution in [0.3, 0.4) is 0 Å². The summed E-state index contributed by atoms with van der Waals surface area (Å²) in [6.07, 6.45) is 0. The summed E-state index contributed by atoms with van der Waals surface area (Å²) in [5.74, 6) is 1.58. The summed E-state index contributed by atoms with van der Waals surface area (Å²) in [6, 6.07) is 25.9. The first-order valence-corrected chi connectivity index (χ1v) is 12.7. The van der Waals surface area contributed by atoms with Crippen molar-refractivity contribution in [3.05, 3.63) is 90.8 Å². The molecule has 0 aliphatic rings. The number of rotatable bonds is 12.